The third kappa shape index (κ3) is 7.83. The number of ether oxygens (including phenoxy) is 1. The van der Waals surface area contributed by atoms with E-state index < -0.39 is 0 Å². The maximum absolute atomic E-state index is 13.3. The predicted molar refractivity (Wildman–Crippen MR) is 144 cm³/mol. The molecule has 2 amide bonds. The summed E-state index contributed by atoms with van der Waals surface area (Å²) in [6, 6.07) is 15.5. The van der Waals surface area contributed by atoms with Gasteiger partial charge >= 0.3 is 0 Å². The fourth-order valence-corrected chi connectivity index (χ4v) is 4.35. The van der Waals surface area contributed by atoms with Crippen molar-refractivity contribution < 1.29 is 14.3 Å². The average Bonchev–Trinajstić information content (AvgIpc) is 3.18. The highest BCUT2D eigenvalue weighted by molar-refractivity contribution is 5.81. The van der Waals surface area contributed by atoms with Gasteiger partial charge in [-0.15, -0.1) is 0 Å². The molecule has 2 aromatic carbocycles. The number of benzene rings is 2. The molecule has 7 nitrogen and oxygen atoms in total. The van der Waals surface area contributed by atoms with Gasteiger partial charge in [0.15, 0.2) is 0 Å². The first-order chi connectivity index (χ1) is 17.3. The maximum atomic E-state index is 13.3. The van der Waals surface area contributed by atoms with Crippen molar-refractivity contribution in [1.29, 1.82) is 0 Å². The minimum absolute atomic E-state index is 0.0122. The molecule has 0 aliphatic rings. The number of carbonyl (C=O) groups excluding carboxylic acids is 2. The van der Waals surface area contributed by atoms with Crippen molar-refractivity contribution in [3.05, 3.63) is 59.9 Å². The van der Waals surface area contributed by atoms with E-state index >= 15 is 0 Å². The summed E-state index contributed by atoms with van der Waals surface area (Å²) < 4.78 is 7.21. The Labute approximate surface area is 214 Å². The first kappa shape index (κ1) is 27.2. The highest BCUT2D eigenvalue weighted by Crippen LogP contribution is 2.18. The van der Waals surface area contributed by atoms with Gasteiger partial charge < -0.3 is 19.5 Å². The molecule has 1 N–H and O–H groups in total. The molecule has 3 rings (SSSR count). The van der Waals surface area contributed by atoms with Crippen LogP contribution in [0.4, 0.5) is 0 Å². The van der Waals surface area contributed by atoms with Crippen molar-refractivity contribution >= 4 is 22.8 Å². The second kappa shape index (κ2) is 13.1. The molecule has 0 radical (unpaired) electrons. The highest BCUT2D eigenvalue weighted by Gasteiger charge is 2.20. The van der Waals surface area contributed by atoms with Crippen LogP contribution in [0.25, 0.3) is 11.0 Å². The number of fused-ring (bicyclic) bond motifs is 1. The van der Waals surface area contributed by atoms with Crippen LogP contribution < -0.4 is 10.1 Å². The van der Waals surface area contributed by atoms with E-state index in [1.807, 2.05) is 58.0 Å². The summed E-state index contributed by atoms with van der Waals surface area (Å²) >= 11 is 0. The molecule has 0 bridgehead atoms. The molecule has 0 aliphatic heterocycles. The van der Waals surface area contributed by atoms with Crippen LogP contribution in [0.3, 0.4) is 0 Å². The number of imidazole rings is 1. The fourth-order valence-electron chi connectivity index (χ4n) is 4.35. The Kier molecular flexibility index (Phi) is 9.91. The largest absolute Gasteiger partial charge is 0.497 e. The molecule has 1 aromatic heterocycles. The molecule has 194 valence electrons. The van der Waals surface area contributed by atoms with Crippen LogP contribution in [0.2, 0.25) is 0 Å². The molecule has 0 saturated heterocycles. The Morgan fingerprint density at radius 2 is 1.67 bits per heavy atom. The van der Waals surface area contributed by atoms with Gasteiger partial charge in [0, 0.05) is 26.1 Å². The van der Waals surface area contributed by atoms with Crippen LogP contribution in [0, 0.1) is 11.8 Å². The molecule has 0 unspecified atom stereocenters. The molecule has 3 aromatic rings. The average molecular weight is 493 g/mol. The Morgan fingerprint density at radius 1 is 1.00 bits per heavy atom. The lowest BCUT2D eigenvalue weighted by Gasteiger charge is -2.27. The zero-order chi connectivity index (χ0) is 26.1. The van der Waals surface area contributed by atoms with Crippen LogP contribution in [0.15, 0.2) is 48.5 Å². The number of hydrogen-bond acceptors (Lipinski definition) is 4. The number of amides is 2. The van der Waals surface area contributed by atoms with E-state index in [0.717, 1.165) is 47.7 Å². The number of carbonyl (C=O) groups is 2. The van der Waals surface area contributed by atoms with E-state index in [-0.39, 0.29) is 18.4 Å². The normalized spacial score (nSPS) is 11.3. The Morgan fingerprint density at radius 3 is 2.31 bits per heavy atom. The first-order valence-corrected chi connectivity index (χ1v) is 12.9. The minimum atomic E-state index is -0.0122. The van der Waals surface area contributed by atoms with E-state index in [4.69, 9.17) is 9.72 Å². The maximum Gasteiger partial charge on any atom is 0.242 e. The monoisotopic (exact) mass is 492 g/mol. The smallest absolute Gasteiger partial charge is 0.242 e. The van der Waals surface area contributed by atoms with Crippen molar-refractivity contribution in [2.24, 2.45) is 11.8 Å². The third-order valence-corrected chi connectivity index (χ3v) is 5.97. The van der Waals surface area contributed by atoms with E-state index in [1.165, 1.54) is 0 Å². The minimum Gasteiger partial charge on any atom is -0.497 e. The topological polar surface area (TPSA) is 76.5 Å². The number of para-hydroxylation sites is 2. The van der Waals surface area contributed by atoms with Crippen LogP contribution in [-0.2, 0) is 29.0 Å². The Hall–Kier alpha value is -3.35. The molecule has 0 saturated carbocycles. The number of rotatable bonds is 13. The molecule has 0 aliphatic carbocycles. The Balaban J connectivity index is 1.62. The van der Waals surface area contributed by atoms with Crippen molar-refractivity contribution in [3.8, 4) is 5.75 Å². The van der Waals surface area contributed by atoms with E-state index in [9.17, 15) is 9.59 Å². The summed E-state index contributed by atoms with van der Waals surface area (Å²) in [5.41, 5.74) is 2.81. The highest BCUT2D eigenvalue weighted by atomic mass is 16.5. The van der Waals surface area contributed by atoms with Gasteiger partial charge in [-0.25, -0.2) is 4.98 Å². The van der Waals surface area contributed by atoms with Crippen molar-refractivity contribution in [2.45, 2.75) is 53.5 Å². The van der Waals surface area contributed by atoms with Crippen LogP contribution in [0.5, 0.6) is 5.75 Å². The molecule has 0 fully saturated rings. The lowest BCUT2D eigenvalue weighted by molar-refractivity contribution is -0.132. The summed E-state index contributed by atoms with van der Waals surface area (Å²) in [5.74, 6) is 2.58. The summed E-state index contributed by atoms with van der Waals surface area (Å²) in [4.78, 5) is 32.5. The SMILES string of the molecule is COc1ccc(CC(=O)NCCCc2nc3ccccc3n2CC(=O)N(CC(C)C)CC(C)C)cc1. The van der Waals surface area contributed by atoms with Crippen molar-refractivity contribution in [1.82, 2.24) is 19.8 Å². The van der Waals surface area contributed by atoms with Gasteiger partial charge in [0.2, 0.25) is 11.8 Å². The fraction of sp³-hybridized carbons (Fsp3) is 0.483. The van der Waals surface area contributed by atoms with E-state index in [1.54, 1.807) is 7.11 Å². The van der Waals surface area contributed by atoms with Gasteiger partial charge in [-0.05, 0) is 48.1 Å². The van der Waals surface area contributed by atoms with Crippen LogP contribution >= 0.6 is 0 Å². The van der Waals surface area contributed by atoms with Crippen molar-refractivity contribution in [3.63, 3.8) is 0 Å². The zero-order valence-corrected chi connectivity index (χ0v) is 22.3. The van der Waals surface area contributed by atoms with E-state index in [0.29, 0.717) is 31.2 Å². The lowest BCUT2D eigenvalue weighted by atomic mass is 10.1. The van der Waals surface area contributed by atoms with Gasteiger partial charge in [0.1, 0.15) is 18.1 Å². The summed E-state index contributed by atoms with van der Waals surface area (Å²) in [7, 11) is 1.62. The Bertz CT molecular complexity index is 1130. The number of methoxy groups -OCH3 is 1. The zero-order valence-electron chi connectivity index (χ0n) is 22.3. The molecular formula is C29H40N4O3. The molecule has 7 heteroatoms. The summed E-state index contributed by atoms with van der Waals surface area (Å²) in [6.07, 6.45) is 1.76. The first-order valence-electron chi connectivity index (χ1n) is 12.9. The number of nitrogens with one attached hydrogen (secondary N) is 1. The molecule has 0 spiro atoms. The van der Waals surface area contributed by atoms with Crippen LogP contribution in [-0.4, -0.2) is 53.0 Å². The summed E-state index contributed by atoms with van der Waals surface area (Å²) in [6.45, 7) is 10.9. The second-order valence-electron chi connectivity index (χ2n) is 10.2. The number of hydrogen-bond donors (Lipinski definition) is 1. The quantitative estimate of drug-likeness (QED) is 0.357. The molecular weight excluding hydrogens is 452 g/mol. The predicted octanol–water partition coefficient (Wildman–Crippen LogP) is 4.48. The lowest BCUT2D eigenvalue weighted by Crippen LogP contribution is -2.39. The number of nitrogens with zero attached hydrogens (tertiary/aromatic N) is 3. The van der Waals surface area contributed by atoms with Gasteiger partial charge in [-0.3, -0.25) is 9.59 Å². The molecule has 0 atom stereocenters. The van der Waals surface area contributed by atoms with Gasteiger partial charge in [0.05, 0.1) is 24.6 Å². The number of aryl methyl sites for hydroxylation is 1. The molecule has 1 heterocycles. The number of aromatic nitrogens is 2. The standard InChI is InChI=1S/C29H40N4O3/c1-21(2)18-32(19-22(3)4)29(35)20-33-26-10-7-6-9-25(26)31-27(33)11-8-16-30-28(34)17-23-12-14-24(36-5)15-13-23/h6-7,9-10,12-15,21-22H,8,11,16-20H2,1-5H3,(H,30,34). The third-order valence-electron chi connectivity index (χ3n) is 5.97. The van der Waals surface area contributed by atoms with Crippen LogP contribution in [0.1, 0.15) is 45.5 Å². The summed E-state index contributed by atoms with van der Waals surface area (Å²) in [5, 5.41) is 3.00. The van der Waals surface area contributed by atoms with Gasteiger partial charge in [0.25, 0.3) is 0 Å². The van der Waals surface area contributed by atoms with Gasteiger partial charge in [-0.2, -0.15) is 0 Å². The molecule has 36 heavy (non-hydrogen) atoms. The van der Waals surface area contributed by atoms with Gasteiger partial charge in [-0.1, -0.05) is 52.0 Å². The van der Waals surface area contributed by atoms with E-state index in [2.05, 4.69) is 33.0 Å². The second-order valence-corrected chi connectivity index (χ2v) is 10.2. The van der Waals surface area contributed by atoms with Crippen molar-refractivity contribution in [2.75, 3.05) is 26.7 Å².